The second-order valence-corrected chi connectivity index (χ2v) is 1.24. The predicted molar refractivity (Wildman–Crippen MR) is 55.6 cm³/mol. The average Bonchev–Trinajstić information content (AvgIpc) is 1.76. The van der Waals surface area contributed by atoms with Gasteiger partial charge in [0.25, 0.3) is 0 Å². The van der Waals surface area contributed by atoms with Crippen LogP contribution in [0.2, 0.25) is 0 Å². The van der Waals surface area contributed by atoms with E-state index in [9.17, 15) is 17.3 Å². The first-order valence-electron chi connectivity index (χ1n) is 2.94. The maximum atomic E-state index is 10.1. The van der Waals surface area contributed by atoms with Gasteiger partial charge < -0.3 is 40.2 Å². The Balaban J connectivity index is -0.0000000369. The highest BCUT2D eigenvalue weighted by atomic mass is 32.1. The van der Waals surface area contributed by atoms with Crippen molar-refractivity contribution >= 4 is 43.1 Å². The monoisotopic (exact) mass is 290 g/mol. The molecule has 0 amide bonds. The van der Waals surface area contributed by atoms with Crippen molar-refractivity contribution in [2.45, 2.75) is 0 Å². The molecule has 0 heterocycles. The zero-order valence-corrected chi connectivity index (χ0v) is 8.90. The van der Waals surface area contributed by atoms with Crippen LogP contribution in [-0.2, 0) is 0 Å². The van der Waals surface area contributed by atoms with Crippen molar-refractivity contribution in [2.24, 2.45) is 0 Å². The first-order chi connectivity index (χ1) is 6.93. The summed E-state index contributed by atoms with van der Waals surface area (Å²) in [7, 11) is -10.7. The van der Waals surface area contributed by atoms with E-state index in [4.69, 9.17) is 40.2 Å². The van der Waals surface area contributed by atoms with Crippen LogP contribution in [0.4, 0.5) is 17.3 Å². The lowest BCUT2D eigenvalue weighted by molar-refractivity contribution is 0.338. The molecule has 17 heteroatoms. The Labute approximate surface area is 101 Å². The van der Waals surface area contributed by atoms with E-state index in [0.29, 0.717) is 0 Å². The van der Waals surface area contributed by atoms with E-state index in [0.717, 1.165) is 0 Å². The normalized spacial score (nSPS) is 6.35. The molecule has 0 spiro atoms. The van der Waals surface area contributed by atoms with Gasteiger partial charge in [-0.1, -0.05) is 0 Å². The average molecular weight is 289 g/mol. The van der Waals surface area contributed by atoms with Gasteiger partial charge in [-0.25, -0.2) is 0 Å². The molecule has 104 valence electrons. The highest BCUT2D eigenvalue weighted by molar-refractivity contribution is 7.59. The van der Waals surface area contributed by atoms with Crippen molar-refractivity contribution in [3.8, 4) is 0 Å². The van der Waals surface area contributed by atoms with Gasteiger partial charge >= 0.3 is 29.6 Å². The lowest BCUT2D eigenvalue weighted by Crippen LogP contribution is -1.98. The molecule has 0 bridgehead atoms. The van der Waals surface area contributed by atoms with E-state index in [-0.39, 0.29) is 13.5 Å². The number of hydrogen-bond acceptors (Lipinski definition) is 8. The van der Waals surface area contributed by atoms with Crippen LogP contribution in [0.5, 0.6) is 0 Å². The molecule has 0 rings (SSSR count). The molecule has 8 N–H and O–H groups in total. The lowest BCUT2D eigenvalue weighted by atomic mass is 10.3. The Morgan fingerprint density at radius 1 is 0.412 bits per heavy atom. The maximum absolute atomic E-state index is 10.1. The number of halogens is 4. The molecule has 0 aliphatic carbocycles. The molecule has 0 aromatic rings. The van der Waals surface area contributed by atoms with Crippen molar-refractivity contribution in [2.75, 3.05) is 0 Å². The largest absolute Gasteiger partial charge is 0.674 e. The van der Waals surface area contributed by atoms with Gasteiger partial charge in [0.2, 0.25) is 0 Å². The molecule has 0 saturated heterocycles. The molecular formula is H10B4F4O8S. The third-order valence-corrected chi connectivity index (χ3v) is 0. The van der Waals surface area contributed by atoms with Gasteiger partial charge in [0.15, 0.2) is 0 Å². The maximum Gasteiger partial charge on any atom is 0.674 e. The summed E-state index contributed by atoms with van der Waals surface area (Å²) < 4.78 is 40.4. The Kier molecular flexibility index (Phi) is 44.5. The van der Waals surface area contributed by atoms with E-state index in [1.54, 1.807) is 0 Å². The molecule has 8 nitrogen and oxygen atoms in total. The minimum atomic E-state index is -2.67. The summed E-state index contributed by atoms with van der Waals surface area (Å²) in [4.78, 5) is 0. The van der Waals surface area contributed by atoms with Crippen LogP contribution in [0.15, 0.2) is 0 Å². The van der Waals surface area contributed by atoms with Crippen molar-refractivity contribution < 1.29 is 57.5 Å². The summed E-state index contributed by atoms with van der Waals surface area (Å²) in [5.74, 6) is 0. The van der Waals surface area contributed by atoms with Crippen molar-refractivity contribution in [1.82, 2.24) is 0 Å². The Morgan fingerprint density at radius 2 is 0.412 bits per heavy atom. The molecule has 0 aliphatic rings. The Morgan fingerprint density at radius 3 is 0.412 bits per heavy atom. The summed E-state index contributed by atoms with van der Waals surface area (Å²) in [5, 5.41) is 55.6. The minimum absolute atomic E-state index is 0. The van der Waals surface area contributed by atoms with E-state index in [1.165, 1.54) is 0 Å². The second kappa shape index (κ2) is 25.0. The van der Waals surface area contributed by atoms with Crippen LogP contribution in [0.25, 0.3) is 0 Å². The molecule has 17 heavy (non-hydrogen) atoms. The van der Waals surface area contributed by atoms with Crippen molar-refractivity contribution in [3.63, 3.8) is 0 Å². The van der Waals surface area contributed by atoms with Gasteiger partial charge in [0, 0.05) is 0 Å². The van der Waals surface area contributed by atoms with Crippen LogP contribution < -0.4 is 0 Å². The molecule has 0 aromatic heterocycles. The predicted octanol–water partition coefficient (Wildman–Crippen LogP) is -4.19. The van der Waals surface area contributed by atoms with E-state index in [2.05, 4.69) is 0 Å². The fourth-order valence-corrected chi connectivity index (χ4v) is 0. The van der Waals surface area contributed by atoms with E-state index >= 15 is 0 Å². The Hall–Kier alpha value is 0.00974. The molecule has 0 aliphatic heterocycles. The van der Waals surface area contributed by atoms with Crippen LogP contribution in [0.1, 0.15) is 0 Å². The van der Waals surface area contributed by atoms with Crippen LogP contribution in [-0.4, -0.2) is 69.8 Å². The van der Waals surface area contributed by atoms with Crippen LogP contribution >= 0.6 is 13.5 Å². The van der Waals surface area contributed by atoms with E-state index < -0.39 is 29.6 Å². The molecule has 0 unspecified atom stereocenters. The second-order valence-electron chi connectivity index (χ2n) is 1.24. The van der Waals surface area contributed by atoms with Crippen molar-refractivity contribution in [3.05, 3.63) is 0 Å². The zero-order valence-electron chi connectivity index (χ0n) is 7.90. The fourth-order valence-electron chi connectivity index (χ4n) is 0. The SMILES string of the molecule is OB(O)F.OB(O)F.OB(O)F.OB(O)F.S. The summed E-state index contributed by atoms with van der Waals surface area (Å²) >= 11 is 0. The third kappa shape index (κ3) is 33100000. The smallest absolute Gasteiger partial charge is 0.398 e. The molecule has 0 saturated carbocycles. The highest BCUT2D eigenvalue weighted by Crippen LogP contribution is 1.58. The van der Waals surface area contributed by atoms with Gasteiger partial charge in [-0.3, -0.25) is 17.3 Å². The molecule has 0 aromatic carbocycles. The summed E-state index contributed by atoms with van der Waals surface area (Å²) in [5.41, 5.74) is 0. The number of rotatable bonds is 0. The summed E-state index contributed by atoms with van der Waals surface area (Å²) in [6.45, 7) is 0. The van der Waals surface area contributed by atoms with Gasteiger partial charge in [-0.2, -0.15) is 13.5 Å². The Bertz CT molecular complexity index is 72.5. The van der Waals surface area contributed by atoms with Crippen LogP contribution in [0, 0.1) is 0 Å². The molecule has 0 fully saturated rings. The summed E-state index contributed by atoms with van der Waals surface area (Å²) in [6, 6.07) is 0. The fraction of sp³-hybridized carbons (Fsp3) is 0. The third-order valence-electron chi connectivity index (χ3n) is 0. The van der Waals surface area contributed by atoms with Gasteiger partial charge in [-0.05, 0) is 0 Å². The van der Waals surface area contributed by atoms with Crippen molar-refractivity contribution in [1.29, 1.82) is 0 Å². The van der Waals surface area contributed by atoms with Gasteiger partial charge in [0.1, 0.15) is 0 Å². The first kappa shape index (κ1) is 30.2. The lowest BCUT2D eigenvalue weighted by Gasteiger charge is -1.65. The van der Waals surface area contributed by atoms with Gasteiger partial charge in [-0.15, -0.1) is 0 Å². The topological polar surface area (TPSA) is 162 Å². The van der Waals surface area contributed by atoms with Gasteiger partial charge in [0.05, 0.1) is 0 Å². The minimum Gasteiger partial charge on any atom is -0.398 e. The quantitative estimate of drug-likeness (QED) is 0.164. The van der Waals surface area contributed by atoms with Crippen LogP contribution in [0.3, 0.4) is 0 Å². The van der Waals surface area contributed by atoms with E-state index in [1.807, 2.05) is 0 Å². The summed E-state index contributed by atoms with van der Waals surface area (Å²) in [6.07, 6.45) is 0. The zero-order chi connectivity index (χ0) is 14.3. The first-order valence-corrected chi connectivity index (χ1v) is 2.94. The number of hydrogen-bond donors (Lipinski definition) is 8. The highest BCUT2D eigenvalue weighted by Gasteiger charge is 1.98. The molecular weight excluding hydrogens is 279 g/mol. The molecule has 0 atom stereocenters. The molecule has 0 radical (unpaired) electrons. The standard InChI is InChI=1S/4BFH2O2.H2S/c4*2-1(3)4;/h4*3-4H;1H2.